The van der Waals surface area contributed by atoms with Gasteiger partial charge in [0.05, 0.1) is 35.7 Å². The first-order valence-corrected chi connectivity index (χ1v) is 11.3. The number of amides is 2. The molecule has 2 aromatic rings. The number of halogens is 7. The van der Waals surface area contributed by atoms with Crippen molar-refractivity contribution in [1.82, 2.24) is 4.90 Å². The van der Waals surface area contributed by atoms with Crippen molar-refractivity contribution in [1.29, 1.82) is 0 Å². The van der Waals surface area contributed by atoms with Crippen LogP contribution in [0.3, 0.4) is 0 Å². The Bertz CT molecular complexity index is 1260. The van der Waals surface area contributed by atoms with E-state index in [2.05, 4.69) is 5.10 Å². The number of hydrazone groups is 1. The average molecular weight is 564 g/mol. The summed E-state index contributed by atoms with van der Waals surface area (Å²) in [5, 5.41) is 6.97. The first-order valence-electron chi connectivity index (χ1n) is 11.3. The highest BCUT2D eigenvalue weighted by molar-refractivity contribution is 6.07. The molecule has 0 bridgehead atoms. The number of anilines is 2. The molecule has 1 aliphatic heterocycles. The molecule has 0 aliphatic carbocycles. The topological polar surface area (TPSA) is 83.5 Å². The van der Waals surface area contributed by atoms with Crippen molar-refractivity contribution in [2.45, 2.75) is 32.3 Å². The molecule has 3 rings (SSSR count). The molecule has 1 heterocycles. The van der Waals surface area contributed by atoms with E-state index < -0.39 is 58.4 Å². The summed E-state index contributed by atoms with van der Waals surface area (Å²) in [5.74, 6) is -3.19. The molecule has 0 radical (unpaired) electrons. The summed E-state index contributed by atoms with van der Waals surface area (Å²) in [4.78, 5) is 25.5. The maximum atomic E-state index is 15.2. The number of ether oxygens (including phenoxy) is 2. The molecule has 1 unspecified atom stereocenters. The number of nitrogens with one attached hydrogen (secondary N) is 1. The van der Waals surface area contributed by atoms with Gasteiger partial charge in [0.25, 0.3) is 5.91 Å². The summed E-state index contributed by atoms with van der Waals surface area (Å²) in [5.41, 5.74) is -3.09. The minimum absolute atomic E-state index is 0.00591. The first kappa shape index (κ1) is 29.7. The van der Waals surface area contributed by atoms with Crippen LogP contribution in [0.2, 0.25) is 0 Å². The number of hydrogen-bond acceptors (Lipinski definition) is 6. The highest BCUT2D eigenvalue weighted by Gasteiger charge is 2.39. The van der Waals surface area contributed by atoms with Crippen LogP contribution in [-0.4, -0.2) is 62.1 Å². The fourth-order valence-electron chi connectivity index (χ4n) is 3.54. The van der Waals surface area contributed by atoms with Crippen molar-refractivity contribution < 1.29 is 49.8 Å². The monoisotopic (exact) mass is 564 g/mol. The van der Waals surface area contributed by atoms with Gasteiger partial charge >= 0.3 is 12.4 Å². The lowest BCUT2D eigenvalue weighted by Gasteiger charge is -2.27. The molecule has 39 heavy (non-hydrogen) atoms. The summed E-state index contributed by atoms with van der Waals surface area (Å²) in [7, 11) is 1.22. The van der Waals surface area contributed by atoms with E-state index in [0.717, 1.165) is 17.1 Å². The smallest absolute Gasteiger partial charge is 0.425 e. The zero-order chi connectivity index (χ0) is 29.1. The average Bonchev–Trinajstić information content (AvgIpc) is 2.84. The van der Waals surface area contributed by atoms with Gasteiger partial charge < -0.3 is 14.8 Å². The maximum Gasteiger partial charge on any atom is 0.425 e. The minimum Gasteiger partial charge on any atom is -0.480 e. The number of rotatable bonds is 7. The fraction of sp³-hybridized carbons (Fsp3) is 0.375. The predicted octanol–water partition coefficient (Wildman–Crippen LogP) is 4.97. The summed E-state index contributed by atoms with van der Waals surface area (Å²) in [6.07, 6.45) is -11.8. The van der Waals surface area contributed by atoms with E-state index in [1.165, 1.54) is 24.9 Å². The second-order valence-corrected chi connectivity index (χ2v) is 8.44. The second kappa shape index (κ2) is 11.5. The van der Waals surface area contributed by atoms with Crippen LogP contribution < -0.4 is 15.1 Å². The van der Waals surface area contributed by atoms with E-state index in [1.807, 2.05) is 5.32 Å². The van der Waals surface area contributed by atoms with E-state index in [1.54, 1.807) is 0 Å². The molecule has 15 heteroatoms. The number of hydrogen-bond donors (Lipinski definition) is 1. The Labute approximate surface area is 218 Å². The summed E-state index contributed by atoms with van der Waals surface area (Å²) in [6.45, 7) is 2.19. The summed E-state index contributed by atoms with van der Waals surface area (Å²) in [6, 6.07) is 4.39. The van der Waals surface area contributed by atoms with Crippen molar-refractivity contribution in [3.8, 4) is 5.75 Å². The molecular formula is C24H23F7N4O4. The Balaban J connectivity index is 2.07. The zero-order valence-electron chi connectivity index (χ0n) is 20.8. The third-order valence-corrected chi connectivity index (χ3v) is 5.66. The van der Waals surface area contributed by atoms with Crippen molar-refractivity contribution in [3.63, 3.8) is 0 Å². The van der Waals surface area contributed by atoms with Gasteiger partial charge in [-0.3, -0.25) is 19.5 Å². The molecule has 1 atom stereocenters. The molecule has 1 saturated heterocycles. The molecule has 1 fully saturated rings. The molecule has 1 N–H and O–H groups in total. The van der Waals surface area contributed by atoms with E-state index in [4.69, 9.17) is 9.47 Å². The highest BCUT2D eigenvalue weighted by Crippen LogP contribution is 2.38. The van der Waals surface area contributed by atoms with Crippen LogP contribution in [0.5, 0.6) is 5.75 Å². The van der Waals surface area contributed by atoms with Crippen LogP contribution >= 0.6 is 0 Å². The van der Waals surface area contributed by atoms with Crippen LogP contribution in [0.1, 0.15) is 28.4 Å². The number of para-hydroxylation sites is 1. The van der Waals surface area contributed by atoms with Crippen LogP contribution in [0.15, 0.2) is 35.4 Å². The van der Waals surface area contributed by atoms with Gasteiger partial charge in [0, 0.05) is 13.1 Å². The normalized spacial score (nSPS) is 16.2. The fourth-order valence-corrected chi connectivity index (χ4v) is 3.54. The number of morpholine rings is 1. The van der Waals surface area contributed by atoms with Crippen molar-refractivity contribution >= 4 is 29.5 Å². The van der Waals surface area contributed by atoms with Crippen LogP contribution in [0.4, 0.5) is 42.1 Å². The third-order valence-electron chi connectivity index (χ3n) is 5.66. The molecule has 0 spiro atoms. The van der Waals surface area contributed by atoms with E-state index in [-0.39, 0.29) is 31.2 Å². The molecule has 1 aliphatic rings. The minimum atomic E-state index is -4.89. The summed E-state index contributed by atoms with van der Waals surface area (Å²) < 4.78 is 106. The Kier molecular flexibility index (Phi) is 8.73. The van der Waals surface area contributed by atoms with Gasteiger partial charge in [-0.1, -0.05) is 12.1 Å². The quantitative estimate of drug-likeness (QED) is 0.292. The van der Waals surface area contributed by atoms with Gasteiger partial charge in [0.15, 0.2) is 11.9 Å². The van der Waals surface area contributed by atoms with Gasteiger partial charge in [0.2, 0.25) is 6.41 Å². The van der Waals surface area contributed by atoms with Gasteiger partial charge in [-0.25, -0.2) is 4.39 Å². The number of carbonyl (C=O) groups excluding carboxylic acids is 2. The summed E-state index contributed by atoms with van der Waals surface area (Å²) >= 11 is 0. The molecule has 212 valence electrons. The lowest BCUT2D eigenvalue weighted by Crippen LogP contribution is -2.42. The molecule has 0 saturated carbocycles. The number of benzene rings is 2. The van der Waals surface area contributed by atoms with E-state index in [0.29, 0.717) is 25.5 Å². The highest BCUT2D eigenvalue weighted by atomic mass is 19.4. The first-order chi connectivity index (χ1) is 18.1. The van der Waals surface area contributed by atoms with E-state index in [9.17, 15) is 35.9 Å². The lowest BCUT2D eigenvalue weighted by molar-refractivity contribution is -0.189. The maximum absolute atomic E-state index is 15.2. The van der Waals surface area contributed by atoms with Crippen molar-refractivity contribution in [2.75, 3.05) is 37.1 Å². The number of nitrogens with zero attached hydrogens (tertiary/aromatic N) is 3. The van der Waals surface area contributed by atoms with Gasteiger partial charge in [-0.2, -0.15) is 31.4 Å². The molecule has 2 amide bonds. The van der Waals surface area contributed by atoms with Crippen LogP contribution in [0.25, 0.3) is 0 Å². The van der Waals surface area contributed by atoms with Crippen molar-refractivity contribution in [3.05, 3.63) is 52.8 Å². The van der Waals surface area contributed by atoms with Gasteiger partial charge in [-0.15, -0.1) is 0 Å². The van der Waals surface area contributed by atoms with Crippen LogP contribution in [0, 0.1) is 12.7 Å². The zero-order valence-corrected chi connectivity index (χ0v) is 20.8. The van der Waals surface area contributed by atoms with E-state index >= 15 is 4.39 Å². The molecule has 8 nitrogen and oxygen atoms in total. The molecular weight excluding hydrogens is 541 g/mol. The molecule has 0 aromatic heterocycles. The number of amidine groups is 1. The second-order valence-electron chi connectivity index (χ2n) is 8.44. The van der Waals surface area contributed by atoms with Crippen molar-refractivity contribution in [2.24, 2.45) is 5.10 Å². The van der Waals surface area contributed by atoms with Crippen LogP contribution in [-0.2, 0) is 15.7 Å². The number of aryl methyl sites for hydroxylation is 1. The predicted molar refractivity (Wildman–Crippen MR) is 126 cm³/mol. The SMILES string of the molecule is Cc1cccc(C(F)(F)F)c1NC(=O)c1cc(F)c(N(C)/N=C2/COCCN2C=O)cc1OC(C)C(F)(F)F. The number of alkyl halides is 6. The largest absolute Gasteiger partial charge is 0.480 e. The van der Waals surface area contributed by atoms with Gasteiger partial charge in [0.1, 0.15) is 18.2 Å². The number of carbonyl (C=O) groups is 2. The Morgan fingerprint density at radius 3 is 2.54 bits per heavy atom. The standard InChI is InChI=1S/C24H23F7N4O4/c1-13-5-4-6-16(24(29,30)31)21(13)32-22(37)15-9-17(25)18(10-19(15)39-14(2)23(26,27)28)34(3)33-20-11-38-8-7-35(20)12-36/h4-6,9-10,12,14H,7-8,11H2,1-3H3,(H,32,37)/b33-20-. The Hall–Kier alpha value is -3.88. The Morgan fingerprint density at radius 2 is 1.92 bits per heavy atom. The third kappa shape index (κ3) is 6.96. The molecule has 2 aromatic carbocycles. The van der Waals surface area contributed by atoms with Gasteiger partial charge in [-0.05, 0) is 31.5 Å². The lowest BCUT2D eigenvalue weighted by atomic mass is 10.1. The Morgan fingerprint density at radius 1 is 1.23 bits per heavy atom.